The Morgan fingerprint density at radius 2 is 2.00 bits per heavy atom. The predicted octanol–water partition coefficient (Wildman–Crippen LogP) is 1.69. The Hall–Kier alpha value is -3.94. The summed E-state index contributed by atoms with van der Waals surface area (Å²) in [4.78, 5) is 15.9. The van der Waals surface area contributed by atoms with Crippen LogP contribution in [0.15, 0.2) is 67.3 Å². The molecule has 3 aromatic rings. The maximum absolute atomic E-state index is 12.1. The van der Waals surface area contributed by atoms with Crippen LogP contribution in [-0.4, -0.2) is 50.6 Å². The largest absolute Gasteiger partial charge is 0.475 e. The highest BCUT2D eigenvalue weighted by atomic mass is 16.5. The van der Waals surface area contributed by atoms with E-state index in [4.69, 9.17) is 4.74 Å². The molecule has 0 unspecified atom stereocenters. The summed E-state index contributed by atoms with van der Waals surface area (Å²) < 4.78 is 6.58. The molecule has 1 aromatic heterocycles. The first kappa shape index (κ1) is 22.7. The summed E-state index contributed by atoms with van der Waals surface area (Å²) in [6.45, 7) is 0.104. The lowest BCUT2D eigenvalue weighted by Crippen LogP contribution is -2.48. The number of allylic oxidation sites excluding steroid dienone is 1. The summed E-state index contributed by atoms with van der Waals surface area (Å²) >= 11 is 0. The van der Waals surface area contributed by atoms with Gasteiger partial charge in [0, 0.05) is 6.42 Å². The molecule has 2 aromatic carbocycles. The number of carbonyl (C=O) groups excluding carboxylic acids is 1. The maximum atomic E-state index is 12.1. The minimum absolute atomic E-state index is 0.104. The molecule has 1 amide bonds. The highest BCUT2D eigenvalue weighted by Gasteiger charge is 2.26. The fraction of sp³-hybridized carbons (Fsp3) is 0.182. The van der Waals surface area contributed by atoms with Crippen LogP contribution in [0.5, 0.6) is 0 Å². The van der Waals surface area contributed by atoms with Gasteiger partial charge in [-0.05, 0) is 29.2 Å². The van der Waals surface area contributed by atoms with Gasteiger partial charge < -0.3 is 20.1 Å². The Morgan fingerprint density at radius 3 is 2.69 bits per heavy atom. The SMILES string of the molecule is N#CC(=Cc1cccc(CCOC(=O)N[C@@H](Cc2ccccc2)B(O)O)c1)n1cncn1. The predicted molar refractivity (Wildman–Crippen MR) is 119 cm³/mol. The van der Waals surface area contributed by atoms with Gasteiger partial charge in [0.25, 0.3) is 0 Å². The molecular weight excluding hydrogens is 409 g/mol. The smallest absolute Gasteiger partial charge is 0.449 e. The molecular formula is C22H22BN5O4. The molecule has 3 N–H and O–H groups in total. The van der Waals surface area contributed by atoms with Crippen LogP contribution >= 0.6 is 0 Å². The maximum Gasteiger partial charge on any atom is 0.475 e. The number of nitriles is 1. The van der Waals surface area contributed by atoms with Crippen LogP contribution in [0.25, 0.3) is 11.8 Å². The zero-order valence-corrected chi connectivity index (χ0v) is 17.2. The van der Waals surface area contributed by atoms with Crippen molar-refractivity contribution in [1.82, 2.24) is 20.1 Å². The number of aromatic nitrogens is 3. The first-order valence-corrected chi connectivity index (χ1v) is 9.94. The third-order valence-corrected chi connectivity index (χ3v) is 4.62. The van der Waals surface area contributed by atoms with Gasteiger partial charge in [0.15, 0.2) is 0 Å². The lowest BCUT2D eigenvalue weighted by Gasteiger charge is -2.17. The van der Waals surface area contributed by atoms with E-state index < -0.39 is 19.2 Å². The van der Waals surface area contributed by atoms with Crippen molar-refractivity contribution in [3.05, 3.63) is 83.9 Å². The van der Waals surface area contributed by atoms with E-state index in [0.717, 1.165) is 16.7 Å². The van der Waals surface area contributed by atoms with Crippen molar-refractivity contribution >= 4 is 25.0 Å². The number of hydrogen-bond acceptors (Lipinski definition) is 7. The van der Waals surface area contributed by atoms with Crippen LogP contribution in [0.2, 0.25) is 0 Å². The molecule has 9 nitrogen and oxygen atoms in total. The summed E-state index contributed by atoms with van der Waals surface area (Å²) in [5.74, 6) is -0.889. The Kier molecular flexibility index (Phi) is 8.14. The van der Waals surface area contributed by atoms with E-state index in [1.807, 2.05) is 54.6 Å². The van der Waals surface area contributed by atoms with Crippen molar-refractivity contribution in [1.29, 1.82) is 5.26 Å². The molecule has 0 spiro atoms. The molecule has 0 aliphatic heterocycles. The number of nitrogens with zero attached hydrogens (tertiary/aromatic N) is 4. The summed E-state index contributed by atoms with van der Waals surface area (Å²) in [5.41, 5.74) is 2.89. The van der Waals surface area contributed by atoms with E-state index in [-0.39, 0.29) is 13.0 Å². The van der Waals surface area contributed by atoms with Gasteiger partial charge >= 0.3 is 13.2 Å². The molecule has 0 saturated heterocycles. The summed E-state index contributed by atoms with van der Waals surface area (Å²) in [7, 11) is -1.72. The Labute approximate surface area is 185 Å². The van der Waals surface area contributed by atoms with Crippen molar-refractivity contribution in [3.63, 3.8) is 0 Å². The summed E-state index contributed by atoms with van der Waals surface area (Å²) in [6.07, 6.45) is 4.46. The highest BCUT2D eigenvalue weighted by Crippen LogP contribution is 2.13. The van der Waals surface area contributed by atoms with Gasteiger partial charge in [-0.2, -0.15) is 10.4 Å². The number of rotatable bonds is 9. The van der Waals surface area contributed by atoms with Gasteiger partial charge in [-0.25, -0.2) is 14.5 Å². The third-order valence-electron chi connectivity index (χ3n) is 4.62. The zero-order valence-electron chi connectivity index (χ0n) is 17.2. The number of benzene rings is 2. The molecule has 0 aliphatic rings. The third kappa shape index (κ3) is 6.80. The van der Waals surface area contributed by atoms with Gasteiger partial charge in [0.05, 0.1) is 12.5 Å². The lowest BCUT2D eigenvalue weighted by molar-refractivity contribution is 0.144. The van der Waals surface area contributed by atoms with Crippen LogP contribution in [0.4, 0.5) is 4.79 Å². The van der Waals surface area contributed by atoms with Crippen LogP contribution in [-0.2, 0) is 17.6 Å². The molecule has 3 rings (SSSR count). The fourth-order valence-electron chi connectivity index (χ4n) is 3.03. The van der Waals surface area contributed by atoms with Crippen molar-refractivity contribution in [3.8, 4) is 6.07 Å². The second-order valence-electron chi connectivity index (χ2n) is 6.97. The number of carbonyl (C=O) groups is 1. The molecule has 0 fully saturated rings. The molecule has 0 bridgehead atoms. The molecule has 0 radical (unpaired) electrons. The van der Waals surface area contributed by atoms with Crippen LogP contribution in [0.3, 0.4) is 0 Å². The molecule has 162 valence electrons. The average molecular weight is 431 g/mol. The molecule has 10 heteroatoms. The first-order chi connectivity index (χ1) is 15.5. The number of amides is 1. The van der Waals surface area contributed by atoms with Crippen molar-refractivity contribution < 1.29 is 19.6 Å². The van der Waals surface area contributed by atoms with Crippen LogP contribution in [0.1, 0.15) is 16.7 Å². The first-order valence-electron chi connectivity index (χ1n) is 9.94. The molecule has 0 saturated carbocycles. The molecule has 32 heavy (non-hydrogen) atoms. The minimum atomic E-state index is -1.72. The van der Waals surface area contributed by atoms with Crippen molar-refractivity contribution in [2.45, 2.75) is 18.8 Å². The lowest BCUT2D eigenvalue weighted by atomic mass is 9.76. The number of alkyl carbamates (subject to hydrolysis) is 1. The van der Waals surface area contributed by atoms with E-state index >= 15 is 0 Å². The standard InChI is InChI=1S/C22H22BN5O4/c24-14-20(28-16-25-15-26-28)12-19-8-4-7-18(11-19)9-10-32-22(29)27-21(23(30)31)13-17-5-2-1-3-6-17/h1-8,11-12,15-16,21,30-31H,9-10,13H2,(H,27,29)/t21-/m0/s1. The monoisotopic (exact) mass is 431 g/mol. The van der Waals surface area contributed by atoms with Gasteiger partial charge in [-0.15, -0.1) is 0 Å². The second kappa shape index (κ2) is 11.5. The van der Waals surface area contributed by atoms with Crippen LogP contribution in [0, 0.1) is 11.3 Å². The number of ether oxygens (including phenoxy) is 1. The van der Waals surface area contributed by atoms with Gasteiger partial charge in [0.1, 0.15) is 24.4 Å². The van der Waals surface area contributed by atoms with Gasteiger partial charge in [0.2, 0.25) is 0 Å². The van der Waals surface area contributed by atoms with E-state index in [1.54, 1.807) is 6.08 Å². The summed E-state index contributed by atoms with van der Waals surface area (Å²) in [5, 5.41) is 34.9. The van der Waals surface area contributed by atoms with Gasteiger partial charge in [-0.1, -0.05) is 54.6 Å². The Balaban J connectivity index is 1.53. The Bertz CT molecular complexity index is 1080. The number of nitrogens with one attached hydrogen (secondary N) is 1. The molecule has 0 aliphatic carbocycles. The van der Waals surface area contributed by atoms with Gasteiger partial charge in [-0.3, -0.25) is 0 Å². The summed E-state index contributed by atoms with van der Waals surface area (Å²) in [6, 6.07) is 18.7. The molecule has 1 heterocycles. The van der Waals surface area contributed by atoms with Crippen molar-refractivity contribution in [2.24, 2.45) is 0 Å². The van der Waals surface area contributed by atoms with Crippen molar-refractivity contribution in [2.75, 3.05) is 6.61 Å². The fourth-order valence-corrected chi connectivity index (χ4v) is 3.03. The topological polar surface area (TPSA) is 133 Å². The minimum Gasteiger partial charge on any atom is -0.449 e. The zero-order chi connectivity index (χ0) is 22.8. The average Bonchev–Trinajstić information content (AvgIpc) is 3.33. The molecule has 1 atom stereocenters. The van der Waals surface area contributed by atoms with E-state index in [2.05, 4.69) is 21.5 Å². The number of hydrogen-bond donors (Lipinski definition) is 3. The second-order valence-corrected chi connectivity index (χ2v) is 6.97. The van der Waals surface area contributed by atoms with Crippen LogP contribution < -0.4 is 5.32 Å². The van der Waals surface area contributed by atoms with E-state index in [0.29, 0.717) is 12.1 Å². The Morgan fingerprint density at radius 1 is 1.22 bits per heavy atom. The highest BCUT2D eigenvalue weighted by molar-refractivity contribution is 6.43. The van der Waals surface area contributed by atoms with E-state index in [1.165, 1.54) is 17.3 Å². The van der Waals surface area contributed by atoms with E-state index in [9.17, 15) is 20.1 Å². The quantitative estimate of drug-likeness (QED) is 0.347. The normalized spacial score (nSPS) is 12.0.